The molecule has 1 amide bonds. The van der Waals surface area contributed by atoms with Gasteiger partial charge in [-0.25, -0.2) is 14.0 Å². The van der Waals surface area contributed by atoms with E-state index in [2.05, 4.69) is 41.5 Å². The average Bonchev–Trinajstić information content (AvgIpc) is 3.66. The third-order valence-corrected chi connectivity index (χ3v) is 7.60. The Morgan fingerprint density at radius 2 is 1.88 bits per heavy atom. The number of amides is 1. The number of nitrogens with zero attached hydrogens (tertiary/aromatic N) is 7. The number of carbonyl (C=O) groups is 1. The van der Waals surface area contributed by atoms with E-state index < -0.39 is 0 Å². The first-order chi connectivity index (χ1) is 16.8. The summed E-state index contributed by atoms with van der Waals surface area (Å²) in [7, 11) is 0. The first-order valence-electron chi connectivity index (χ1n) is 12.8. The summed E-state index contributed by atoms with van der Waals surface area (Å²) >= 11 is 0. The van der Waals surface area contributed by atoms with Gasteiger partial charge in [-0.1, -0.05) is 6.07 Å². The Bertz CT molecular complexity index is 1080. The van der Waals surface area contributed by atoms with E-state index in [-0.39, 0.29) is 18.2 Å². The van der Waals surface area contributed by atoms with Crippen molar-refractivity contribution in [3.8, 4) is 0 Å². The van der Waals surface area contributed by atoms with Gasteiger partial charge in [0.25, 0.3) is 11.6 Å². The molecule has 9 heteroatoms. The average molecular weight is 464 g/mol. The molecule has 34 heavy (non-hydrogen) atoms. The number of fused-ring (bicyclic) bond motifs is 1. The van der Waals surface area contributed by atoms with Crippen LogP contribution < -0.4 is 9.88 Å². The van der Waals surface area contributed by atoms with Crippen LogP contribution >= 0.6 is 0 Å². The number of guanidine groups is 1. The van der Waals surface area contributed by atoms with Gasteiger partial charge in [0.05, 0.1) is 6.20 Å². The van der Waals surface area contributed by atoms with E-state index in [1.807, 2.05) is 41.5 Å². The number of pyridine rings is 1. The standard InChI is InChI=1S/C25H35N8O/c34-24(20-31-18-17-29-11-2-1-7-21(29)31)32-16-10-26-19-23(32)33-22(28-12-3-4-13-28)8-9-27-25(33)30-14-5-6-15-30/h1-2,7-9,11,17-18,22-23,26H,3-6,10,12-16,19-20H2/q+1. The fourth-order valence-electron chi connectivity index (χ4n) is 5.88. The fraction of sp³-hybridized carbons (Fsp3) is 0.560. The fourth-order valence-corrected chi connectivity index (χ4v) is 5.88. The number of aliphatic imine (C=N–C) groups is 1. The number of hydrogen-bond acceptors (Lipinski definition) is 6. The molecule has 4 aliphatic rings. The van der Waals surface area contributed by atoms with Crippen LogP contribution in [-0.4, -0.2) is 94.0 Å². The molecule has 2 atom stereocenters. The topological polar surface area (TPSA) is 62.7 Å². The number of likely N-dealkylation sites (tertiary alicyclic amines) is 2. The van der Waals surface area contributed by atoms with E-state index in [9.17, 15) is 4.79 Å². The first kappa shape index (κ1) is 21.6. The minimum Gasteiger partial charge on any atom is -0.342 e. The van der Waals surface area contributed by atoms with Crippen molar-refractivity contribution in [3.63, 3.8) is 0 Å². The Balaban J connectivity index is 1.30. The van der Waals surface area contributed by atoms with Crippen molar-refractivity contribution in [2.45, 2.75) is 44.6 Å². The molecule has 1 N–H and O–H groups in total. The van der Waals surface area contributed by atoms with Gasteiger partial charge >= 0.3 is 0 Å². The minimum absolute atomic E-state index is 0.0642. The van der Waals surface area contributed by atoms with Crippen molar-refractivity contribution >= 4 is 17.5 Å². The number of aromatic nitrogens is 2. The molecule has 4 aliphatic heterocycles. The van der Waals surface area contributed by atoms with Gasteiger partial charge in [0.1, 0.15) is 24.7 Å². The van der Waals surface area contributed by atoms with Crippen molar-refractivity contribution in [2.75, 3.05) is 45.8 Å². The molecule has 0 radical (unpaired) electrons. The number of carbonyl (C=O) groups excluding carboxylic acids is 1. The molecule has 3 saturated heterocycles. The summed E-state index contributed by atoms with van der Waals surface area (Å²) in [5, 5.41) is 3.57. The Kier molecular flexibility index (Phi) is 5.97. The maximum Gasteiger partial charge on any atom is 0.286 e. The van der Waals surface area contributed by atoms with Crippen molar-refractivity contribution < 1.29 is 9.36 Å². The van der Waals surface area contributed by atoms with E-state index in [0.717, 1.165) is 50.9 Å². The van der Waals surface area contributed by atoms with Crippen LogP contribution in [-0.2, 0) is 11.3 Å². The smallest absolute Gasteiger partial charge is 0.286 e. The van der Waals surface area contributed by atoms with Gasteiger partial charge in [0, 0.05) is 58.1 Å². The predicted molar refractivity (Wildman–Crippen MR) is 130 cm³/mol. The minimum atomic E-state index is -0.0642. The highest BCUT2D eigenvalue weighted by atomic mass is 16.2. The molecule has 2 aromatic rings. The monoisotopic (exact) mass is 463 g/mol. The lowest BCUT2D eigenvalue weighted by Crippen LogP contribution is -2.69. The molecular formula is C25H35N8O+. The van der Waals surface area contributed by atoms with Gasteiger partial charge in [-0.3, -0.25) is 9.69 Å². The maximum absolute atomic E-state index is 13.8. The van der Waals surface area contributed by atoms with E-state index in [1.54, 1.807) is 0 Å². The molecular weight excluding hydrogens is 428 g/mol. The van der Waals surface area contributed by atoms with Crippen molar-refractivity contribution in [2.24, 2.45) is 4.99 Å². The maximum atomic E-state index is 13.8. The number of piperazine rings is 1. The van der Waals surface area contributed by atoms with Gasteiger partial charge in [-0.05, 0) is 37.8 Å². The molecule has 2 aromatic heterocycles. The van der Waals surface area contributed by atoms with Gasteiger partial charge in [-0.15, -0.1) is 0 Å². The molecule has 6 rings (SSSR count). The van der Waals surface area contributed by atoms with E-state index in [0.29, 0.717) is 13.1 Å². The third kappa shape index (κ3) is 3.96. The first-order valence-corrected chi connectivity index (χ1v) is 12.8. The second-order valence-electron chi connectivity index (χ2n) is 9.69. The van der Waals surface area contributed by atoms with Gasteiger partial charge in [0.2, 0.25) is 5.96 Å². The summed E-state index contributed by atoms with van der Waals surface area (Å²) in [6.07, 6.45) is 15.2. The van der Waals surface area contributed by atoms with E-state index in [1.165, 1.54) is 25.7 Å². The van der Waals surface area contributed by atoms with Crippen LogP contribution in [0.2, 0.25) is 0 Å². The van der Waals surface area contributed by atoms with Crippen LogP contribution in [0.25, 0.3) is 5.65 Å². The summed E-state index contributed by atoms with van der Waals surface area (Å²) in [5.74, 6) is 1.19. The van der Waals surface area contributed by atoms with Crippen LogP contribution in [0.15, 0.2) is 54.1 Å². The lowest BCUT2D eigenvalue weighted by atomic mass is 10.2. The SMILES string of the molecule is O=C(C[n+]1ccn2ccccc21)N1CCNCC1N1C(N2CCCC2)=NC=CC1N1CCCC1. The number of rotatable bonds is 4. The molecule has 0 bridgehead atoms. The number of nitrogens with one attached hydrogen (secondary N) is 1. The molecule has 0 aromatic carbocycles. The Labute approximate surface area is 200 Å². The van der Waals surface area contributed by atoms with Crippen LogP contribution in [0.1, 0.15) is 25.7 Å². The second-order valence-corrected chi connectivity index (χ2v) is 9.69. The molecule has 2 unspecified atom stereocenters. The summed E-state index contributed by atoms with van der Waals surface area (Å²) in [6, 6.07) is 6.08. The lowest BCUT2D eigenvalue weighted by Gasteiger charge is -2.50. The molecule has 0 spiro atoms. The highest BCUT2D eigenvalue weighted by Crippen LogP contribution is 2.26. The molecule has 6 heterocycles. The molecule has 3 fully saturated rings. The largest absolute Gasteiger partial charge is 0.342 e. The Morgan fingerprint density at radius 3 is 2.74 bits per heavy atom. The Hall–Kier alpha value is -2.91. The van der Waals surface area contributed by atoms with Gasteiger partial charge in [0.15, 0.2) is 6.54 Å². The lowest BCUT2D eigenvalue weighted by molar-refractivity contribution is -0.658. The van der Waals surface area contributed by atoms with Crippen LogP contribution in [0, 0.1) is 0 Å². The number of hydrogen-bond donors (Lipinski definition) is 1. The van der Waals surface area contributed by atoms with Crippen molar-refractivity contribution in [1.82, 2.24) is 29.3 Å². The number of imidazole rings is 1. The normalized spacial score (nSPS) is 26.0. The molecule has 0 saturated carbocycles. The van der Waals surface area contributed by atoms with Gasteiger partial charge < -0.3 is 20.0 Å². The van der Waals surface area contributed by atoms with Crippen molar-refractivity contribution in [1.29, 1.82) is 0 Å². The highest BCUT2D eigenvalue weighted by molar-refractivity contribution is 5.84. The van der Waals surface area contributed by atoms with Crippen LogP contribution in [0.5, 0.6) is 0 Å². The van der Waals surface area contributed by atoms with Crippen molar-refractivity contribution in [3.05, 3.63) is 49.1 Å². The van der Waals surface area contributed by atoms with Crippen LogP contribution in [0.4, 0.5) is 0 Å². The zero-order chi connectivity index (χ0) is 22.9. The molecule has 9 nitrogen and oxygen atoms in total. The summed E-state index contributed by atoms with van der Waals surface area (Å²) in [5.41, 5.74) is 1.03. The van der Waals surface area contributed by atoms with E-state index in [4.69, 9.17) is 4.99 Å². The van der Waals surface area contributed by atoms with Crippen LogP contribution in [0.3, 0.4) is 0 Å². The summed E-state index contributed by atoms with van der Waals surface area (Å²) in [4.78, 5) is 28.1. The predicted octanol–water partition coefficient (Wildman–Crippen LogP) is 0.688. The molecule has 180 valence electrons. The van der Waals surface area contributed by atoms with Gasteiger partial charge in [-0.2, -0.15) is 0 Å². The zero-order valence-corrected chi connectivity index (χ0v) is 19.8. The zero-order valence-electron chi connectivity index (χ0n) is 19.8. The highest BCUT2D eigenvalue weighted by Gasteiger charge is 2.42. The summed E-state index contributed by atoms with van der Waals surface area (Å²) < 4.78 is 4.10. The second kappa shape index (κ2) is 9.38. The van der Waals surface area contributed by atoms with E-state index >= 15 is 0 Å². The summed E-state index contributed by atoms with van der Waals surface area (Å²) in [6.45, 7) is 6.88. The Morgan fingerprint density at radius 1 is 1.06 bits per heavy atom. The molecule has 0 aliphatic carbocycles. The third-order valence-electron chi connectivity index (χ3n) is 7.60. The quantitative estimate of drug-likeness (QED) is 0.676.